The van der Waals surface area contributed by atoms with Crippen LogP contribution in [-0.4, -0.2) is 30.1 Å². The van der Waals surface area contributed by atoms with Crippen LogP contribution < -0.4 is 9.47 Å². The van der Waals surface area contributed by atoms with Crippen molar-refractivity contribution < 1.29 is 14.3 Å². The van der Waals surface area contributed by atoms with E-state index < -0.39 is 6.10 Å². The number of hydrogen-bond donors (Lipinski definition) is 0. The van der Waals surface area contributed by atoms with Gasteiger partial charge in [0.25, 0.3) is 5.91 Å². The van der Waals surface area contributed by atoms with Crippen molar-refractivity contribution in [3.05, 3.63) is 45.1 Å². The lowest BCUT2D eigenvalue weighted by Crippen LogP contribution is -2.47. The van der Waals surface area contributed by atoms with Crippen LogP contribution in [0, 0.1) is 0 Å². The molecular formula is C16H14ClNO3S. The molecule has 6 heteroatoms. The van der Waals surface area contributed by atoms with Crippen LogP contribution in [-0.2, 0) is 17.8 Å². The fourth-order valence-corrected chi connectivity index (χ4v) is 4.13. The zero-order valence-electron chi connectivity index (χ0n) is 11.8. The van der Waals surface area contributed by atoms with Gasteiger partial charge in [-0.05, 0) is 30.2 Å². The maximum atomic E-state index is 12.7. The molecule has 2 aliphatic rings. The number of hydrogen-bond acceptors (Lipinski definition) is 4. The summed E-state index contributed by atoms with van der Waals surface area (Å²) in [6, 6.07) is 9.37. The van der Waals surface area contributed by atoms with Crippen molar-refractivity contribution in [3.8, 4) is 11.5 Å². The van der Waals surface area contributed by atoms with Crippen LogP contribution in [0.5, 0.6) is 11.5 Å². The maximum absolute atomic E-state index is 12.7. The minimum absolute atomic E-state index is 0.0255. The number of benzene rings is 1. The van der Waals surface area contributed by atoms with E-state index in [1.807, 2.05) is 35.2 Å². The highest BCUT2D eigenvalue weighted by Gasteiger charge is 2.33. The van der Waals surface area contributed by atoms with E-state index in [0.717, 1.165) is 16.3 Å². The molecule has 0 radical (unpaired) electrons. The van der Waals surface area contributed by atoms with E-state index in [2.05, 4.69) is 0 Å². The molecule has 2 aliphatic heterocycles. The van der Waals surface area contributed by atoms with Crippen molar-refractivity contribution in [3.63, 3.8) is 0 Å². The summed E-state index contributed by atoms with van der Waals surface area (Å²) in [6.07, 6.45) is 0.272. The summed E-state index contributed by atoms with van der Waals surface area (Å²) >= 11 is 7.66. The summed E-state index contributed by atoms with van der Waals surface area (Å²) in [5, 5.41) is 0. The molecule has 1 atom stereocenters. The molecule has 1 amide bonds. The number of ether oxygens (including phenoxy) is 2. The van der Waals surface area contributed by atoms with E-state index in [9.17, 15) is 4.79 Å². The van der Waals surface area contributed by atoms with E-state index in [-0.39, 0.29) is 12.5 Å². The molecule has 1 aromatic carbocycles. The molecule has 114 valence electrons. The molecule has 0 bridgehead atoms. The standard InChI is InChI=1S/C16H14ClNO3S/c17-15-7-10-8-18(6-5-14(10)22-15)16(19)13-9-20-11-3-1-2-4-12(11)21-13/h1-4,7,13H,5-6,8-9H2/t13-/m0/s1. The molecule has 0 N–H and O–H groups in total. The van der Waals surface area contributed by atoms with E-state index in [1.54, 1.807) is 11.3 Å². The van der Waals surface area contributed by atoms with Crippen molar-refractivity contribution in [2.45, 2.75) is 19.1 Å². The summed E-state index contributed by atoms with van der Waals surface area (Å²) in [7, 11) is 0. The Bertz CT molecular complexity index is 730. The lowest BCUT2D eigenvalue weighted by molar-refractivity contribution is -0.142. The lowest BCUT2D eigenvalue weighted by atomic mass is 10.1. The van der Waals surface area contributed by atoms with Gasteiger partial charge in [0.15, 0.2) is 11.5 Å². The Hall–Kier alpha value is -1.72. The predicted molar refractivity (Wildman–Crippen MR) is 84.8 cm³/mol. The predicted octanol–water partition coefficient (Wildman–Crippen LogP) is 3.13. The Balaban J connectivity index is 1.49. The fourth-order valence-electron chi connectivity index (χ4n) is 2.83. The molecule has 22 heavy (non-hydrogen) atoms. The first-order chi connectivity index (χ1) is 10.7. The van der Waals surface area contributed by atoms with E-state index in [1.165, 1.54) is 4.88 Å². The second-order valence-electron chi connectivity index (χ2n) is 5.37. The average Bonchev–Trinajstić information content (AvgIpc) is 2.92. The third kappa shape index (κ3) is 2.44. The molecule has 0 unspecified atom stereocenters. The number of thiophene rings is 1. The SMILES string of the molecule is O=C([C@@H]1COc2ccccc2O1)N1CCc2sc(Cl)cc2C1. The molecule has 0 spiro atoms. The molecule has 3 heterocycles. The Morgan fingerprint density at radius 1 is 1.32 bits per heavy atom. The van der Waals surface area contributed by atoms with Crippen LogP contribution in [0.2, 0.25) is 4.34 Å². The van der Waals surface area contributed by atoms with Crippen LogP contribution in [0.25, 0.3) is 0 Å². The van der Waals surface area contributed by atoms with Crippen LogP contribution in [0.15, 0.2) is 30.3 Å². The van der Waals surface area contributed by atoms with Crippen molar-refractivity contribution in [1.29, 1.82) is 0 Å². The minimum atomic E-state index is -0.578. The number of carbonyl (C=O) groups is 1. The van der Waals surface area contributed by atoms with Crippen LogP contribution in [0.4, 0.5) is 0 Å². The first-order valence-corrected chi connectivity index (χ1v) is 8.34. The number of halogens is 1. The Kier molecular flexibility index (Phi) is 3.47. The molecule has 0 saturated carbocycles. The Labute approximate surface area is 137 Å². The van der Waals surface area contributed by atoms with Gasteiger partial charge in [0, 0.05) is 18.0 Å². The van der Waals surface area contributed by atoms with Gasteiger partial charge < -0.3 is 14.4 Å². The van der Waals surface area contributed by atoms with Gasteiger partial charge in [0.05, 0.1) is 4.34 Å². The van der Waals surface area contributed by atoms with Crippen LogP contribution in [0.1, 0.15) is 10.4 Å². The van der Waals surface area contributed by atoms with Crippen molar-refractivity contribution in [1.82, 2.24) is 4.90 Å². The summed E-state index contributed by atoms with van der Waals surface area (Å²) in [4.78, 5) is 15.8. The molecule has 0 saturated heterocycles. The average molecular weight is 336 g/mol. The third-order valence-electron chi connectivity index (χ3n) is 3.93. The minimum Gasteiger partial charge on any atom is -0.485 e. The van der Waals surface area contributed by atoms with Crippen LogP contribution >= 0.6 is 22.9 Å². The number of nitrogens with zero attached hydrogens (tertiary/aromatic N) is 1. The highest BCUT2D eigenvalue weighted by atomic mass is 35.5. The zero-order chi connectivity index (χ0) is 15.1. The van der Waals surface area contributed by atoms with Crippen molar-refractivity contribution in [2.24, 2.45) is 0 Å². The third-order valence-corrected chi connectivity index (χ3v) is 5.30. The first-order valence-electron chi connectivity index (χ1n) is 7.15. The van der Waals surface area contributed by atoms with E-state index >= 15 is 0 Å². The second-order valence-corrected chi connectivity index (χ2v) is 7.14. The second kappa shape index (κ2) is 5.48. The number of para-hydroxylation sites is 2. The fraction of sp³-hybridized carbons (Fsp3) is 0.312. The van der Waals surface area contributed by atoms with Gasteiger partial charge in [0.2, 0.25) is 6.10 Å². The molecular weight excluding hydrogens is 322 g/mol. The highest BCUT2D eigenvalue weighted by molar-refractivity contribution is 7.16. The molecule has 2 aromatic rings. The van der Waals surface area contributed by atoms with Gasteiger partial charge in [0.1, 0.15) is 6.61 Å². The van der Waals surface area contributed by atoms with Gasteiger partial charge in [-0.25, -0.2) is 0 Å². The Morgan fingerprint density at radius 2 is 2.14 bits per heavy atom. The number of amides is 1. The van der Waals surface area contributed by atoms with E-state index in [0.29, 0.717) is 24.6 Å². The molecule has 4 nitrogen and oxygen atoms in total. The summed E-state index contributed by atoms with van der Waals surface area (Å²) in [6.45, 7) is 1.55. The smallest absolute Gasteiger partial charge is 0.267 e. The number of fused-ring (bicyclic) bond motifs is 2. The van der Waals surface area contributed by atoms with Gasteiger partial charge in [-0.15, -0.1) is 11.3 Å². The molecule has 0 fully saturated rings. The Morgan fingerprint density at radius 3 is 3.00 bits per heavy atom. The largest absolute Gasteiger partial charge is 0.485 e. The monoisotopic (exact) mass is 335 g/mol. The van der Waals surface area contributed by atoms with Crippen molar-refractivity contribution in [2.75, 3.05) is 13.2 Å². The topological polar surface area (TPSA) is 38.8 Å². The van der Waals surface area contributed by atoms with Crippen molar-refractivity contribution >= 4 is 28.8 Å². The molecule has 0 aliphatic carbocycles. The molecule has 4 rings (SSSR count). The summed E-state index contributed by atoms with van der Waals surface area (Å²) < 4.78 is 12.2. The maximum Gasteiger partial charge on any atom is 0.267 e. The van der Waals surface area contributed by atoms with Gasteiger partial charge >= 0.3 is 0 Å². The summed E-state index contributed by atoms with van der Waals surface area (Å²) in [5.41, 5.74) is 1.15. The van der Waals surface area contributed by atoms with E-state index in [4.69, 9.17) is 21.1 Å². The normalized spacial score (nSPS) is 19.7. The molecule has 1 aromatic heterocycles. The number of carbonyl (C=O) groups excluding carboxylic acids is 1. The van der Waals surface area contributed by atoms with Gasteiger partial charge in [-0.1, -0.05) is 23.7 Å². The highest BCUT2D eigenvalue weighted by Crippen LogP contribution is 2.33. The van der Waals surface area contributed by atoms with Gasteiger partial charge in [-0.2, -0.15) is 0 Å². The number of rotatable bonds is 1. The lowest BCUT2D eigenvalue weighted by Gasteiger charge is -2.32. The quantitative estimate of drug-likeness (QED) is 0.803. The van der Waals surface area contributed by atoms with Gasteiger partial charge in [-0.3, -0.25) is 4.79 Å². The zero-order valence-corrected chi connectivity index (χ0v) is 13.3. The summed E-state index contributed by atoms with van der Waals surface area (Å²) in [5.74, 6) is 1.29. The first kappa shape index (κ1) is 13.9. The van der Waals surface area contributed by atoms with Crippen LogP contribution in [0.3, 0.4) is 0 Å².